The molecular weight excluding hydrogens is 312 g/mol. The van der Waals surface area contributed by atoms with Crippen LogP contribution in [0.4, 0.5) is 10.6 Å². The van der Waals surface area contributed by atoms with Crippen LogP contribution in [0.25, 0.3) is 0 Å². The molecule has 1 aliphatic heterocycles. The Bertz CT molecular complexity index is 698. The molecule has 1 unspecified atom stereocenters. The molecule has 1 aliphatic rings. The van der Waals surface area contributed by atoms with Gasteiger partial charge in [0.05, 0.1) is 0 Å². The van der Waals surface area contributed by atoms with E-state index in [1.165, 1.54) is 0 Å². The lowest BCUT2D eigenvalue weighted by molar-refractivity contribution is 0.0506. The molecule has 24 heavy (non-hydrogen) atoms. The van der Waals surface area contributed by atoms with E-state index in [4.69, 9.17) is 9.26 Å². The van der Waals surface area contributed by atoms with Gasteiger partial charge in [-0.05, 0) is 38.7 Å². The molecule has 0 saturated carbocycles. The largest absolute Gasteiger partial charge is 0.381 e. The van der Waals surface area contributed by atoms with E-state index in [1.807, 2.05) is 0 Å². The highest BCUT2D eigenvalue weighted by atomic mass is 16.5. The van der Waals surface area contributed by atoms with E-state index in [9.17, 15) is 4.79 Å². The van der Waals surface area contributed by atoms with Gasteiger partial charge in [0.15, 0.2) is 5.82 Å². The summed E-state index contributed by atoms with van der Waals surface area (Å²) in [5, 5.41) is 9.45. The maximum atomic E-state index is 12.4. The Morgan fingerprint density at radius 1 is 1.25 bits per heavy atom. The summed E-state index contributed by atoms with van der Waals surface area (Å²) in [5.41, 5.74) is 0. The first-order chi connectivity index (χ1) is 11.6. The van der Waals surface area contributed by atoms with Gasteiger partial charge in [-0.25, -0.2) is 14.8 Å². The number of amides is 2. The van der Waals surface area contributed by atoms with Crippen molar-refractivity contribution in [2.24, 2.45) is 5.92 Å². The molecule has 1 saturated heterocycles. The Hall–Kier alpha value is -2.55. The number of aryl methyl sites for hydroxylation is 2. The first kappa shape index (κ1) is 16.3. The number of nitrogens with one attached hydrogen (secondary N) is 2. The number of hydrogen-bond acceptors (Lipinski definition) is 7. The fourth-order valence-electron chi connectivity index (χ4n) is 2.69. The van der Waals surface area contributed by atoms with Gasteiger partial charge >= 0.3 is 6.03 Å². The van der Waals surface area contributed by atoms with Gasteiger partial charge in [0.2, 0.25) is 5.89 Å². The molecule has 9 nitrogen and oxygen atoms in total. The van der Waals surface area contributed by atoms with E-state index in [2.05, 4.69) is 30.7 Å². The van der Waals surface area contributed by atoms with Gasteiger partial charge in [-0.3, -0.25) is 5.32 Å². The molecule has 1 atom stereocenters. The van der Waals surface area contributed by atoms with Crippen LogP contribution in [-0.4, -0.2) is 39.4 Å². The van der Waals surface area contributed by atoms with Crippen LogP contribution < -0.4 is 10.6 Å². The molecule has 0 spiro atoms. The predicted octanol–water partition coefficient (Wildman–Crippen LogP) is 1.77. The third kappa shape index (κ3) is 4.05. The van der Waals surface area contributed by atoms with Crippen molar-refractivity contribution in [3.63, 3.8) is 0 Å². The number of hydrogen-bond donors (Lipinski definition) is 2. The fourth-order valence-corrected chi connectivity index (χ4v) is 2.69. The number of nitrogens with zero attached hydrogens (tertiary/aromatic N) is 4. The molecule has 2 aromatic rings. The van der Waals surface area contributed by atoms with Crippen molar-refractivity contribution in [2.75, 3.05) is 18.5 Å². The smallest absolute Gasteiger partial charge is 0.321 e. The van der Waals surface area contributed by atoms with Gasteiger partial charge in [-0.1, -0.05) is 5.16 Å². The topological polar surface area (TPSA) is 115 Å². The summed E-state index contributed by atoms with van der Waals surface area (Å²) >= 11 is 0. The van der Waals surface area contributed by atoms with E-state index < -0.39 is 0 Å². The minimum absolute atomic E-state index is 0.177. The molecule has 0 bridgehead atoms. The SMILES string of the molecule is Cc1nccc(NC(=O)NC(c2nc(C)no2)C2CCOCC2)n1. The molecule has 1 fully saturated rings. The second-order valence-electron chi connectivity index (χ2n) is 5.69. The van der Waals surface area contributed by atoms with Gasteiger partial charge in [-0.2, -0.15) is 4.98 Å². The van der Waals surface area contributed by atoms with E-state index in [1.54, 1.807) is 26.1 Å². The van der Waals surface area contributed by atoms with E-state index >= 15 is 0 Å². The number of urea groups is 1. The minimum atomic E-state index is -0.375. The lowest BCUT2D eigenvalue weighted by Gasteiger charge is -2.28. The molecule has 3 heterocycles. The summed E-state index contributed by atoms with van der Waals surface area (Å²) in [6.45, 7) is 4.82. The maximum absolute atomic E-state index is 12.4. The normalized spacial score (nSPS) is 16.6. The van der Waals surface area contributed by atoms with Crippen LogP contribution in [0.3, 0.4) is 0 Å². The lowest BCUT2D eigenvalue weighted by atomic mass is 9.91. The Morgan fingerprint density at radius 3 is 2.71 bits per heavy atom. The Morgan fingerprint density at radius 2 is 2.04 bits per heavy atom. The molecule has 2 N–H and O–H groups in total. The Kier molecular flexibility index (Phi) is 4.99. The van der Waals surface area contributed by atoms with Crippen molar-refractivity contribution >= 4 is 11.8 Å². The second kappa shape index (κ2) is 7.35. The van der Waals surface area contributed by atoms with Crippen molar-refractivity contribution in [1.82, 2.24) is 25.4 Å². The highest BCUT2D eigenvalue weighted by Gasteiger charge is 2.31. The predicted molar refractivity (Wildman–Crippen MR) is 84.2 cm³/mol. The number of ether oxygens (including phenoxy) is 1. The van der Waals surface area contributed by atoms with Crippen molar-refractivity contribution in [3.05, 3.63) is 29.8 Å². The Labute approximate surface area is 139 Å². The van der Waals surface area contributed by atoms with Gasteiger partial charge in [0.25, 0.3) is 0 Å². The standard InChI is InChI=1S/C15H20N6O3/c1-9-16-6-3-12(17-9)19-15(22)20-13(11-4-7-23-8-5-11)14-18-10(2)21-24-14/h3,6,11,13H,4-5,7-8H2,1-2H3,(H2,16,17,19,20,22). The number of rotatable bonds is 4. The van der Waals surface area contributed by atoms with Crippen LogP contribution in [0.5, 0.6) is 0 Å². The van der Waals surface area contributed by atoms with Crippen LogP contribution in [-0.2, 0) is 4.74 Å². The fraction of sp³-hybridized carbons (Fsp3) is 0.533. The maximum Gasteiger partial charge on any atom is 0.321 e. The van der Waals surface area contributed by atoms with Gasteiger partial charge < -0.3 is 14.6 Å². The zero-order valence-electron chi connectivity index (χ0n) is 13.7. The average molecular weight is 332 g/mol. The summed E-state index contributed by atoms with van der Waals surface area (Å²) in [5.74, 6) is 2.15. The summed E-state index contributed by atoms with van der Waals surface area (Å²) in [6.07, 6.45) is 3.23. The average Bonchev–Trinajstić information content (AvgIpc) is 3.00. The summed E-state index contributed by atoms with van der Waals surface area (Å²) in [4.78, 5) is 24.8. The van der Waals surface area contributed by atoms with Gasteiger partial charge in [-0.15, -0.1) is 0 Å². The molecular formula is C15H20N6O3. The highest BCUT2D eigenvalue weighted by molar-refractivity contribution is 5.88. The quantitative estimate of drug-likeness (QED) is 0.876. The molecule has 0 aromatic carbocycles. The number of carbonyl (C=O) groups is 1. The Balaban J connectivity index is 1.72. The van der Waals surface area contributed by atoms with Crippen molar-refractivity contribution < 1.29 is 14.1 Å². The monoisotopic (exact) mass is 332 g/mol. The number of carbonyl (C=O) groups excluding carboxylic acids is 1. The first-order valence-electron chi connectivity index (χ1n) is 7.87. The minimum Gasteiger partial charge on any atom is -0.381 e. The molecule has 2 aromatic heterocycles. The molecule has 9 heteroatoms. The van der Waals surface area contributed by atoms with Gasteiger partial charge in [0, 0.05) is 19.4 Å². The molecule has 0 radical (unpaired) electrons. The van der Waals surface area contributed by atoms with Crippen LogP contribution in [0.1, 0.15) is 36.4 Å². The van der Waals surface area contributed by atoms with Crippen LogP contribution >= 0.6 is 0 Å². The number of aromatic nitrogens is 4. The first-order valence-corrected chi connectivity index (χ1v) is 7.87. The van der Waals surface area contributed by atoms with Crippen molar-refractivity contribution in [1.29, 1.82) is 0 Å². The van der Waals surface area contributed by atoms with Gasteiger partial charge in [0.1, 0.15) is 17.7 Å². The molecule has 128 valence electrons. The van der Waals surface area contributed by atoms with E-state index in [0.29, 0.717) is 36.6 Å². The summed E-state index contributed by atoms with van der Waals surface area (Å²) < 4.78 is 10.7. The molecule has 3 rings (SSSR count). The van der Waals surface area contributed by atoms with Crippen molar-refractivity contribution in [3.8, 4) is 0 Å². The molecule has 0 aliphatic carbocycles. The van der Waals surface area contributed by atoms with E-state index in [-0.39, 0.29) is 18.0 Å². The second-order valence-corrected chi connectivity index (χ2v) is 5.69. The van der Waals surface area contributed by atoms with Crippen LogP contribution in [0, 0.1) is 19.8 Å². The lowest BCUT2D eigenvalue weighted by Crippen LogP contribution is -2.38. The highest BCUT2D eigenvalue weighted by Crippen LogP contribution is 2.29. The molecule has 2 amide bonds. The number of anilines is 1. The van der Waals surface area contributed by atoms with Crippen LogP contribution in [0.15, 0.2) is 16.8 Å². The third-order valence-corrected chi connectivity index (χ3v) is 3.85. The zero-order valence-corrected chi connectivity index (χ0v) is 13.7. The van der Waals surface area contributed by atoms with Crippen molar-refractivity contribution in [2.45, 2.75) is 32.7 Å². The summed E-state index contributed by atoms with van der Waals surface area (Å²) in [6, 6.07) is 0.894. The zero-order chi connectivity index (χ0) is 16.9. The summed E-state index contributed by atoms with van der Waals surface area (Å²) in [7, 11) is 0. The van der Waals surface area contributed by atoms with E-state index in [0.717, 1.165) is 12.8 Å². The van der Waals surface area contributed by atoms with Crippen LogP contribution in [0.2, 0.25) is 0 Å². The third-order valence-electron chi connectivity index (χ3n) is 3.85.